The number of nitrogens with one attached hydrogen (secondary N) is 1. The van der Waals surface area contributed by atoms with Crippen molar-refractivity contribution in [3.05, 3.63) is 42.1 Å². The molecule has 0 atom stereocenters. The summed E-state index contributed by atoms with van der Waals surface area (Å²) < 4.78 is 0. The molecule has 25 heavy (non-hydrogen) atoms. The Morgan fingerprint density at radius 3 is 2.52 bits per heavy atom. The number of anilines is 1. The van der Waals surface area contributed by atoms with Crippen molar-refractivity contribution in [2.45, 2.75) is 46.7 Å². The average Bonchev–Trinajstić information content (AvgIpc) is 2.58. The molecule has 0 saturated carbocycles. The van der Waals surface area contributed by atoms with Crippen LogP contribution in [-0.4, -0.2) is 45.8 Å². The van der Waals surface area contributed by atoms with Crippen molar-refractivity contribution in [1.82, 2.24) is 14.9 Å². The summed E-state index contributed by atoms with van der Waals surface area (Å²) in [6.45, 7) is 12.2. The van der Waals surface area contributed by atoms with Gasteiger partial charge in [0.2, 0.25) is 0 Å². The molecule has 0 radical (unpaired) electrons. The summed E-state index contributed by atoms with van der Waals surface area (Å²) in [7, 11) is 0. The summed E-state index contributed by atoms with van der Waals surface area (Å²) in [6.07, 6.45) is 1.74. The summed E-state index contributed by atoms with van der Waals surface area (Å²) in [5, 5.41) is 3.37. The molecule has 134 valence electrons. The van der Waals surface area contributed by atoms with Crippen molar-refractivity contribution in [2.24, 2.45) is 0 Å². The van der Waals surface area contributed by atoms with Gasteiger partial charge in [-0.05, 0) is 46.8 Å². The first-order valence-electron chi connectivity index (χ1n) is 8.82. The molecular weight excluding hydrogens is 312 g/mol. The Labute approximate surface area is 150 Å². The van der Waals surface area contributed by atoms with E-state index in [-0.39, 0.29) is 5.78 Å². The molecule has 1 aromatic heterocycles. The van der Waals surface area contributed by atoms with E-state index in [0.717, 1.165) is 24.5 Å². The molecule has 1 aromatic carbocycles. The Kier molecular flexibility index (Phi) is 6.65. The van der Waals surface area contributed by atoms with Crippen LogP contribution in [0.3, 0.4) is 0 Å². The minimum atomic E-state index is 0.0404. The maximum absolute atomic E-state index is 11.6. The highest BCUT2D eigenvalue weighted by Gasteiger charge is 2.12. The number of benzene rings is 1. The molecular formula is C20H28N4O. The third kappa shape index (κ3) is 5.36. The van der Waals surface area contributed by atoms with Crippen molar-refractivity contribution < 1.29 is 4.79 Å². The Morgan fingerprint density at radius 2 is 1.88 bits per heavy atom. The predicted octanol–water partition coefficient (Wildman–Crippen LogP) is 3.88. The number of aromatic nitrogens is 2. The van der Waals surface area contributed by atoms with Crippen molar-refractivity contribution in [1.29, 1.82) is 0 Å². The summed E-state index contributed by atoms with van der Waals surface area (Å²) in [5.74, 6) is 1.46. The quantitative estimate of drug-likeness (QED) is 0.739. The zero-order valence-electron chi connectivity index (χ0n) is 15.8. The molecule has 0 aliphatic rings. The number of hydrogen-bond donors (Lipinski definition) is 1. The average molecular weight is 340 g/mol. The van der Waals surface area contributed by atoms with E-state index < -0.39 is 0 Å². The van der Waals surface area contributed by atoms with Gasteiger partial charge in [-0.1, -0.05) is 18.2 Å². The fourth-order valence-electron chi connectivity index (χ4n) is 2.90. The van der Waals surface area contributed by atoms with Gasteiger partial charge in [-0.25, -0.2) is 9.97 Å². The number of carbonyl (C=O) groups is 1. The Morgan fingerprint density at radius 1 is 1.16 bits per heavy atom. The molecule has 2 aromatic rings. The monoisotopic (exact) mass is 340 g/mol. The van der Waals surface area contributed by atoms with Crippen molar-refractivity contribution in [2.75, 3.05) is 18.4 Å². The minimum Gasteiger partial charge on any atom is -0.369 e. The number of rotatable bonds is 8. The van der Waals surface area contributed by atoms with E-state index in [1.807, 2.05) is 24.3 Å². The second kappa shape index (κ2) is 8.72. The van der Waals surface area contributed by atoms with Crippen LogP contribution in [0.15, 0.2) is 36.5 Å². The molecule has 0 bridgehead atoms. The van der Waals surface area contributed by atoms with Crippen LogP contribution in [0, 0.1) is 0 Å². The largest absolute Gasteiger partial charge is 0.369 e. The van der Waals surface area contributed by atoms with Crippen molar-refractivity contribution >= 4 is 11.6 Å². The van der Waals surface area contributed by atoms with E-state index in [1.54, 1.807) is 19.2 Å². The molecule has 0 amide bonds. The molecule has 0 saturated heterocycles. The van der Waals surface area contributed by atoms with E-state index in [9.17, 15) is 4.79 Å². The lowest BCUT2D eigenvalue weighted by Gasteiger charge is -2.30. The number of ketones is 1. The molecule has 0 spiro atoms. The zero-order chi connectivity index (χ0) is 18.4. The van der Waals surface area contributed by atoms with E-state index in [2.05, 4.69) is 47.9 Å². The van der Waals surface area contributed by atoms with Gasteiger partial charge in [0.25, 0.3) is 0 Å². The minimum absolute atomic E-state index is 0.0404. The fraction of sp³-hybridized carbons (Fsp3) is 0.450. The van der Waals surface area contributed by atoms with Crippen LogP contribution >= 0.6 is 0 Å². The second-order valence-electron chi connectivity index (χ2n) is 6.75. The summed E-state index contributed by atoms with van der Waals surface area (Å²) >= 11 is 0. The highest BCUT2D eigenvalue weighted by molar-refractivity contribution is 5.95. The molecule has 0 aliphatic carbocycles. The van der Waals surface area contributed by atoms with Crippen LogP contribution in [0.25, 0.3) is 11.4 Å². The van der Waals surface area contributed by atoms with E-state index in [0.29, 0.717) is 23.5 Å². The molecule has 0 unspecified atom stereocenters. The third-order valence-corrected chi connectivity index (χ3v) is 4.19. The lowest BCUT2D eigenvalue weighted by atomic mass is 10.1. The van der Waals surface area contributed by atoms with Crippen LogP contribution < -0.4 is 5.32 Å². The topological polar surface area (TPSA) is 58.1 Å². The maximum atomic E-state index is 11.6. The highest BCUT2D eigenvalue weighted by atomic mass is 16.1. The van der Waals surface area contributed by atoms with Gasteiger partial charge in [-0.15, -0.1) is 0 Å². The van der Waals surface area contributed by atoms with Crippen LogP contribution in [0.1, 0.15) is 45.0 Å². The van der Waals surface area contributed by atoms with Gasteiger partial charge in [0.15, 0.2) is 11.6 Å². The van der Waals surface area contributed by atoms with Crippen LogP contribution in [0.5, 0.6) is 0 Å². The van der Waals surface area contributed by atoms with Crippen molar-refractivity contribution in [3.63, 3.8) is 0 Å². The Balaban J connectivity index is 2.06. The van der Waals surface area contributed by atoms with E-state index >= 15 is 0 Å². The molecule has 1 N–H and O–H groups in total. The molecule has 2 rings (SSSR count). The van der Waals surface area contributed by atoms with Crippen molar-refractivity contribution in [3.8, 4) is 11.4 Å². The Hall–Kier alpha value is -2.27. The van der Waals surface area contributed by atoms with Gasteiger partial charge in [-0.2, -0.15) is 0 Å². The van der Waals surface area contributed by atoms with Gasteiger partial charge in [0, 0.05) is 42.5 Å². The standard InChI is InChI=1S/C20H28N4O/c1-14(2)24(15(3)4)12-11-21-19-9-10-22-20(23-19)18-8-6-7-17(13-18)16(5)25/h6-10,13-15H,11-12H2,1-5H3,(H,21,22,23). The lowest BCUT2D eigenvalue weighted by molar-refractivity contribution is 0.101. The Bertz CT molecular complexity index is 704. The zero-order valence-corrected chi connectivity index (χ0v) is 15.8. The summed E-state index contributed by atoms with van der Waals surface area (Å²) in [6, 6.07) is 10.3. The molecule has 0 fully saturated rings. The first kappa shape index (κ1) is 19.1. The molecule has 5 nitrogen and oxygen atoms in total. The highest BCUT2D eigenvalue weighted by Crippen LogP contribution is 2.18. The number of Topliss-reactive ketones (excluding diaryl/α,β-unsaturated/α-hetero) is 1. The number of hydrogen-bond acceptors (Lipinski definition) is 5. The first-order valence-corrected chi connectivity index (χ1v) is 8.82. The third-order valence-electron chi connectivity index (χ3n) is 4.19. The molecule has 5 heteroatoms. The second-order valence-corrected chi connectivity index (χ2v) is 6.75. The normalized spacial score (nSPS) is 11.4. The lowest BCUT2D eigenvalue weighted by Crippen LogP contribution is -2.40. The van der Waals surface area contributed by atoms with Crippen LogP contribution in [0.4, 0.5) is 5.82 Å². The van der Waals surface area contributed by atoms with Gasteiger partial charge in [0.1, 0.15) is 5.82 Å². The first-order chi connectivity index (χ1) is 11.9. The van der Waals surface area contributed by atoms with Crippen LogP contribution in [-0.2, 0) is 0 Å². The van der Waals surface area contributed by atoms with Gasteiger partial charge in [0.05, 0.1) is 0 Å². The fourth-order valence-corrected chi connectivity index (χ4v) is 2.90. The van der Waals surface area contributed by atoms with Gasteiger partial charge < -0.3 is 5.32 Å². The maximum Gasteiger partial charge on any atom is 0.161 e. The predicted molar refractivity (Wildman–Crippen MR) is 103 cm³/mol. The number of carbonyl (C=O) groups excluding carboxylic acids is 1. The van der Waals surface area contributed by atoms with E-state index in [1.165, 1.54) is 0 Å². The number of nitrogens with zero attached hydrogens (tertiary/aromatic N) is 3. The van der Waals surface area contributed by atoms with E-state index in [4.69, 9.17) is 0 Å². The smallest absolute Gasteiger partial charge is 0.161 e. The summed E-state index contributed by atoms with van der Waals surface area (Å²) in [4.78, 5) is 22.9. The van der Waals surface area contributed by atoms with Gasteiger partial charge in [-0.3, -0.25) is 9.69 Å². The molecule has 1 heterocycles. The molecule has 0 aliphatic heterocycles. The van der Waals surface area contributed by atoms with Gasteiger partial charge >= 0.3 is 0 Å². The van der Waals surface area contributed by atoms with Crippen LogP contribution in [0.2, 0.25) is 0 Å². The summed E-state index contributed by atoms with van der Waals surface area (Å²) in [5.41, 5.74) is 1.52. The SMILES string of the molecule is CC(=O)c1cccc(-c2nccc(NCCN(C(C)C)C(C)C)n2)c1.